The van der Waals surface area contributed by atoms with Gasteiger partial charge in [-0.25, -0.2) is 4.39 Å². The molecule has 0 atom stereocenters. The predicted octanol–water partition coefficient (Wildman–Crippen LogP) is 4.51. The lowest BCUT2D eigenvalue weighted by atomic mass is 10.0. The normalized spacial score (nSPS) is 10.4. The van der Waals surface area contributed by atoms with Crippen LogP contribution in [0.1, 0.15) is 15.9 Å². The van der Waals surface area contributed by atoms with Crippen molar-refractivity contribution in [2.24, 2.45) is 0 Å². The zero-order chi connectivity index (χ0) is 13.1. The summed E-state index contributed by atoms with van der Waals surface area (Å²) in [4.78, 5) is 12.0. The Balaban J connectivity index is 2.18. The van der Waals surface area contributed by atoms with Gasteiger partial charge in [-0.15, -0.1) is 0 Å². The summed E-state index contributed by atoms with van der Waals surface area (Å²) >= 11 is 7.84. The lowest BCUT2D eigenvalue weighted by molar-refractivity contribution is 0.0993. The number of carbonyl (C=O) groups excluding carboxylic acids is 1. The molecule has 2 aromatic carbocycles. The second-order valence-electron chi connectivity index (χ2n) is 3.86. The molecule has 2 rings (SSSR count). The van der Waals surface area contributed by atoms with E-state index in [9.17, 15) is 9.18 Å². The van der Waals surface area contributed by atoms with E-state index in [1.54, 1.807) is 12.1 Å². The van der Waals surface area contributed by atoms with Crippen molar-refractivity contribution in [2.45, 2.75) is 6.42 Å². The number of hydrogen-bond acceptors (Lipinski definition) is 1. The van der Waals surface area contributed by atoms with Gasteiger partial charge < -0.3 is 0 Å². The molecular formula is C14H9ClFIO. The van der Waals surface area contributed by atoms with Gasteiger partial charge in [0.2, 0.25) is 0 Å². The minimum atomic E-state index is -0.470. The van der Waals surface area contributed by atoms with Crippen molar-refractivity contribution < 1.29 is 9.18 Å². The molecule has 0 saturated carbocycles. The van der Waals surface area contributed by atoms with Crippen molar-refractivity contribution in [1.29, 1.82) is 0 Å². The molecule has 0 heterocycles. The number of hydrogen-bond donors (Lipinski definition) is 0. The highest BCUT2D eigenvalue weighted by molar-refractivity contribution is 14.1. The van der Waals surface area contributed by atoms with Crippen LogP contribution in [0.15, 0.2) is 42.5 Å². The van der Waals surface area contributed by atoms with Crippen molar-refractivity contribution in [2.75, 3.05) is 0 Å². The lowest BCUT2D eigenvalue weighted by Crippen LogP contribution is -2.03. The smallest absolute Gasteiger partial charge is 0.167 e. The minimum Gasteiger partial charge on any atom is -0.294 e. The van der Waals surface area contributed by atoms with E-state index in [4.69, 9.17) is 11.6 Å². The summed E-state index contributed by atoms with van der Waals surface area (Å²) in [7, 11) is 0. The average molecular weight is 375 g/mol. The molecular weight excluding hydrogens is 366 g/mol. The summed E-state index contributed by atoms with van der Waals surface area (Å²) in [5.41, 5.74) is 1.37. The largest absolute Gasteiger partial charge is 0.294 e. The van der Waals surface area contributed by atoms with Crippen LogP contribution < -0.4 is 0 Å². The van der Waals surface area contributed by atoms with Gasteiger partial charge in [-0.2, -0.15) is 0 Å². The Morgan fingerprint density at radius 2 is 2.00 bits per heavy atom. The van der Waals surface area contributed by atoms with Gasteiger partial charge in [0.1, 0.15) is 5.82 Å². The molecule has 0 aliphatic heterocycles. The van der Waals surface area contributed by atoms with Crippen LogP contribution in [0.5, 0.6) is 0 Å². The van der Waals surface area contributed by atoms with Crippen LogP contribution >= 0.6 is 34.2 Å². The molecule has 92 valence electrons. The number of halogens is 3. The third kappa shape index (κ3) is 3.29. The fourth-order valence-electron chi connectivity index (χ4n) is 1.60. The number of Topliss-reactive ketones (excluding diaryl/α,β-unsaturated/α-hetero) is 1. The van der Waals surface area contributed by atoms with Gasteiger partial charge in [-0.05, 0) is 52.4 Å². The Labute approximate surface area is 123 Å². The lowest BCUT2D eigenvalue weighted by Gasteiger charge is -2.03. The van der Waals surface area contributed by atoms with Gasteiger partial charge in [0.05, 0.1) is 5.02 Å². The molecule has 0 saturated heterocycles. The molecule has 0 aliphatic rings. The van der Waals surface area contributed by atoms with E-state index in [2.05, 4.69) is 22.6 Å². The van der Waals surface area contributed by atoms with Crippen LogP contribution in [0.3, 0.4) is 0 Å². The van der Waals surface area contributed by atoms with Crippen LogP contribution in [0.25, 0.3) is 0 Å². The fraction of sp³-hybridized carbons (Fsp3) is 0.0714. The Morgan fingerprint density at radius 3 is 2.67 bits per heavy atom. The van der Waals surface area contributed by atoms with Crippen LogP contribution in [0, 0.1) is 9.39 Å². The van der Waals surface area contributed by atoms with Gasteiger partial charge >= 0.3 is 0 Å². The molecule has 4 heteroatoms. The highest BCUT2D eigenvalue weighted by atomic mass is 127. The van der Waals surface area contributed by atoms with Crippen LogP contribution in [-0.4, -0.2) is 5.78 Å². The van der Waals surface area contributed by atoms with Gasteiger partial charge in [-0.1, -0.05) is 29.8 Å². The van der Waals surface area contributed by atoms with E-state index in [-0.39, 0.29) is 17.2 Å². The molecule has 1 nitrogen and oxygen atoms in total. The first kappa shape index (κ1) is 13.5. The molecule has 0 radical (unpaired) electrons. The first-order valence-electron chi connectivity index (χ1n) is 5.29. The van der Waals surface area contributed by atoms with Crippen molar-refractivity contribution in [3.8, 4) is 0 Å². The zero-order valence-electron chi connectivity index (χ0n) is 9.29. The molecule has 18 heavy (non-hydrogen) atoms. The summed E-state index contributed by atoms with van der Waals surface area (Å²) in [6.45, 7) is 0. The average Bonchev–Trinajstić information content (AvgIpc) is 2.34. The Kier molecular flexibility index (Phi) is 4.35. The Hall–Kier alpha value is -0.940. The quantitative estimate of drug-likeness (QED) is 0.571. The van der Waals surface area contributed by atoms with E-state index in [1.807, 2.05) is 18.2 Å². The van der Waals surface area contributed by atoms with Gasteiger partial charge in [0.25, 0.3) is 0 Å². The van der Waals surface area contributed by atoms with E-state index in [0.717, 1.165) is 3.57 Å². The molecule has 0 aromatic heterocycles. The van der Waals surface area contributed by atoms with Crippen molar-refractivity contribution in [3.63, 3.8) is 0 Å². The standard InChI is InChI=1S/C14H9ClFIO/c15-12-6-9(4-5-13(12)16)7-14(18)10-2-1-3-11(17)8-10/h1-6,8H,7H2. The fourth-order valence-corrected chi connectivity index (χ4v) is 2.35. The van der Waals surface area contributed by atoms with Gasteiger partial charge in [0, 0.05) is 15.6 Å². The summed E-state index contributed by atoms with van der Waals surface area (Å²) in [6, 6.07) is 11.7. The van der Waals surface area contributed by atoms with E-state index < -0.39 is 5.82 Å². The van der Waals surface area contributed by atoms with Gasteiger partial charge in [-0.3, -0.25) is 4.79 Å². The monoisotopic (exact) mass is 374 g/mol. The van der Waals surface area contributed by atoms with E-state index in [0.29, 0.717) is 11.1 Å². The second kappa shape index (κ2) is 5.80. The highest BCUT2D eigenvalue weighted by Crippen LogP contribution is 2.18. The molecule has 0 unspecified atom stereocenters. The van der Waals surface area contributed by atoms with Crippen molar-refractivity contribution in [3.05, 3.63) is 68.0 Å². The minimum absolute atomic E-state index is 0.00353. The summed E-state index contributed by atoms with van der Waals surface area (Å²) in [5, 5.41) is 0.0444. The topological polar surface area (TPSA) is 17.1 Å². The van der Waals surface area contributed by atoms with E-state index >= 15 is 0 Å². The Morgan fingerprint density at radius 1 is 1.22 bits per heavy atom. The first-order valence-corrected chi connectivity index (χ1v) is 6.74. The maximum absolute atomic E-state index is 13.0. The van der Waals surface area contributed by atoms with Crippen LogP contribution in [0.2, 0.25) is 5.02 Å². The van der Waals surface area contributed by atoms with Crippen molar-refractivity contribution in [1.82, 2.24) is 0 Å². The second-order valence-corrected chi connectivity index (χ2v) is 5.51. The number of benzene rings is 2. The first-order chi connectivity index (χ1) is 8.56. The molecule has 2 aromatic rings. The maximum Gasteiger partial charge on any atom is 0.167 e. The SMILES string of the molecule is O=C(Cc1ccc(F)c(Cl)c1)c1cccc(I)c1. The van der Waals surface area contributed by atoms with Crippen LogP contribution in [0.4, 0.5) is 4.39 Å². The molecule has 0 fully saturated rings. The molecule has 0 amide bonds. The number of carbonyl (C=O) groups is 1. The third-order valence-corrected chi connectivity index (χ3v) is 3.46. The zero-order valence-corrected chi connectivity index (χ0v) is 12.2. The van der Waals surface area contributed by atoms with Crippen LogP contribution in [-0.2, 0) is 6.42 Å². The van der Waals surface area contributed by atoms with E-state index in [1.165, 1.54) is 12.1 Å². The van der Waals surface area contributed by atoms with Crippen molar-refractivity contribution >= 4 is 40.0 Å². The Bertz CT molecular complexity index is 598. The molecule has 0 aliphatic carbocycles. The summed E-state index contributed by atoms with van der Waals surface area (Å²) in [6.07, 6.45) is 0.222. The molecule has 0 N–H and O–H groups in total. The third-order valence-electron chi connectivity index (χ3n) is 2.50. The highest BCUT2D eigenvalue weighted by Gasteiger charge is 2.09. The molecule has 0 bridgehead atoms. The predicted molar refractivity (Wildman–Crippen MR) is 78.6 cm³/mol. The molecule has 0 spiro atoms. The number of ketones is 1. The van der Waals surface area contributed by atoms with Gasteiger partial charge in [0.15, 0.2) is 5.78 Å². The maximum atomic E-state index is 13.0. The summed E-state index contributed by atoms with van der Waals surface area (Å²) < 4.78 is 14.0. The number of rotatable bonds is 3. The summed E-state index contributed by atoms with van der Waals surface area (Å²) in [5.74, 6) is -0.474.